The van der Waals surface area contributed by atoms with E-state index in [1.165, 1.54) is 0 Å². The second-order valence-corrected chi connectivity index (χ2v) is 6.15. The zero-order chi connectivity index (χ0) is 13.6. The van der Waals surface area contributed by atoms with Gasteiger partial charge in [-0.25, -0.2) is 13.1 Å². The van der Waals surface area contributed by atoms with Crippen molar-refractivity contribution >= 4 is 10.0 Å². The third-order valence-electron chi connectivity index (χ3n) is 2.65. The summed E-state index contributed by atoms with van der Waals surface area (Å²) in [5.74, 6) is 0. The molecule has 2 N–H and O–H groups in total. The summed E-state index contributed by atoms with van der Waals surface area (Å²) in [6.07, 6.45) is 1.05. The van der Waals surface area contributed by atoms with Gasteiger partial charge in [0.05, 0.1) is 4.90 Å². The van der Waals surface area contributed by atoms with E-state index < -0.39 is 10.0 Å². The third-order valence-corrected chi connectivity index (χ3v) is 4.26. The predicted molar refractivity (Wildman–Crippen MR) is 74.3 cm³/mol. The van der Waals surface area contributed by atoms with Crippen LogP contribution in [0.25, 0.3) is 0 Å². The number of rotatable bonds is 7. The fourth-order valence-electron chi connectivity index (χ4n) is 1.65. The smallest absolute Gasteiger partial charge is 0.240 e. The van der Waals surface area contributed by atoms with E-state index in [4.69, 9.17) is 0 Å². The highest BCUT2D eigenvalue weighted by Crippen LogP contribution is 2.16. The number of benzene rings is 1. The lowest BCUT2D eigenvalue weighted by atomic mass is 10.2. The van der Waals surface area contributed by atoms with Gasteiger partial charge in [0.1, 0.15) is 0 Å². The molecule has 18 heavy (non-hydrogen) atoms. The zero-order valence-electron chi connectivity index (χ0n) is 11.3. The highest BCUT2D eigenvalue weighted by atomic mass is 32.2. The van der Waals surface area contributed by atoms with Gasteiger partial charge in [-0.3, -0.25) is 0 Å². The molecule has 0 aliphatic carbocycles. The van der Waals surface area contributed by atoms with Crippen LogP contribution in [0, 0.1) is 13.8 Å². The molecule has 4 nitrogen and oxygen atoms in total. The number of aryl methyl sites for hydroxylation is 2. The van der Waals surface area contributed by atoms with Crippen molar-refractivity contribution in [2.75, 3.05) is 19.6 Å². The van der Waals surface area contributed by atoms with Gasteiger partial charge in [-0.15, -0.1) is 0 Å². The van der Waals surface area contributed by atoms with Crippen LogP contribution in [0.5, 0.6) is 0 Å². The van der Waals surface area contributed by atoms with E-state index in [1.807, 2.05) is 26.0 Å². The van der Waals surface area contributed by atoms with E-state index in [2.05, 4.69) is 17.0 Å². The van der Waals surface area contributed by atoms with E-state index in [0.29, 0.717) is 18.0 Å². The van der Waals surface area contributed by atoms with Crippen molar-refractivity contribution in [2.45, 2.75) is 32.1 Å². The molecule has 1 aromatic rings. The highest BCUT2D eigenvalue weighted by Gasteiger charge is 2.15. The molecule has 102 valence electrons. The number of hydrogen-bond donors (Lipinski definition) is 2. The van der Waals surface area contributed by atoms with Crippen molar-refractivity contribution in [1.82, 2.24) is 10.0 Å². The normalized spacial score (nSPS) is 11.7. The van der Waals surface area contributed by atoms with E-state index in [0.717, 1.165) is 24.1 Å². The fraction of sp³-hybridized carbons (Fsp3) is 0.538. The lowest BCUT2D eigenvalue weighted by Crippen LogP contribution is -2.32. The van der Waals surface area contributed by atoms with Crippen LogP contribution >= 0.6 is 0 Å². The number of hydrogen-bond acceptors (Lipinski definition) is 3. The van der Waals surface area contributed by atoms with E-state index in [-0.39, 0.29) is 0 Å². The average Bonchev–Trinajstić information content (AvgIpc) is 2.32. The molecule has 0 aromatic heterocycles. The monoisotopic (exact) mass is 270 g/mol. The summed E-state index contributed by atoms with van der Waals surface area (Å²) < 4.78 is 26.8. The van der Waals surface area contributed by atoms with Crippen molar-refractivity contribution in [2.24, 2.45) is 0 Å². The van der Waals surface area contributed by atoms with Gasteiger partial charge in [-0.1, -0.05) is 19.1 Å². The first-order chi connectivity index (χ1) is 8.47. The lowest BCUT2D eigenvalue weighted by Gasteiger charge is -2.10. The maximum Gasteiger partial charge on any atom is 0.240 e. The van der Waals surface area contributed by atoms with Crippen molar-refractivity contribution in [3.05, 3.63) is 29.3 Å². The summed E-state index contributed by atoms with van der Waals surface area (Å²) in [4.78, 5) is 0.373. The molecule has 1 rings (SSSR count). The third kappa shape index (κ3) is 4.40. The molecule has 0 fully saturated rings. The van der Waals surface area contributed by atoms with Crippen LogP contribution in [-0.4, -0.2) is 28.1 Å². The van der Waals surface area contributed by atoms with Crippen molar-refractivity contribution in [3.63, 3.8) is 0 Å². The predicted octanol–water partition coefficient (Wildman–Crippen LogP) is 1.58. The van der Waals surface area contributed by atoms with Crippen LogP contribution < -0.4 is 10.0 Å². The zero-order valence-corrected chi connectivity index (χ0v) is 12.1. The Morgan fingerprint density at radius 1 is 1.11 bits per heavy atom. The van der Waals surface area contributed by atoms with E-state index in [1.54, 1.807) is 6.07 Å². The van der Waals surface area contributed by atoms with Crippen molar-refractivity contribution in [3.8, 4) is 0 Å². The van der Waals surface area contributed by atoms with Crippen molar-refractivity contribution < 1.29 is 8.42 Å². The van der Waals surface area contributed by atoms with Gasteiger partial charge < -0.3 is 5.32 Å². The van der Waals surface area contributed by atoms with Crippen LogP contribution in [-0.2, 0) is 10.0 Å². The molecule has 0 amide bonds. The Morgan fingerprint density at radius 2 is 1.83 bits per heavy atom. The number of sulfonamides is 1. The summed E-state index contributed by atoms with van der Waals surface area (Å²) in [6.45, 7) is 7.75. The van der Waals surface area contributed by atoms with Crippen LogP contribution in [0.2, 0.25) is 0 Å². The molecule has 5 heteroatoms. The topological polar surface area (TPSA) is 58.2 Å². The Labute approximate surface area is 110 Å². The molecule has 0 saturated heterocycles. The van der Waals surface area contributed by atoms with E-state index in [9.17, 15) is 8.42 Å². The summed E-state index contributed by atoms with van der Waals surface area (Å²) in [5.41, 5.74) is 1.72. The van der Waals surface area contributed by atoms with Crippen LogP contribution in [0.1, 0.15) is 24.5 Å². The molecule has 0 saturated carbocycles. The Hall–Kier alpha value is -0.910. The SMILES string of the molecule is CCCNCCNS(=O)(=O)c1cc(C)ccc1C. The number of nitrogens with one attached hydrogen (secondary N) is 2. The summed E-state index contributed by atoms with van der Waals surface area (Å²) >= 11 is 0. The molecule has 0 atom stereocenters. The van der Waals surface area contributed by atoms with Crippen LogP contribution in [0.15, 0.2) is 23.1 Å². The van der Waals surface area contributed by atoms with Crippen LogP contribution in [0.4, 0.5) is 0 Å². The molecule has 0 aliphatic rings. The van der Waals surface area contributed by atoms with Gasteiger partial charge in [-0.2, -0.15) is 0 Å². The first kappa shape index (κ1) is 15.1. The molecule has 0 aliphatic heterocycles. The minimum atomic E-state index is -3.39. The standard InChI is InChI=1S/C13H22N2O2S/c1-4-7-14-8-9-15-18(16,17)13-10-11(2)5-6-12(13)3/h5-6,10,14-15H,4,7-9H2,1-3H3. The van der Waals surface area contributed by atoms with Crippen LogP contribution in [0.3, 0.4) is 0 Å². The molecule has 0 bridgehead atoms. The van der Waals surface area contributed by atoms with Gasteiger partial charge in [-0.05, 0) is 44.0 Å². The average molecular weight is 270 g/mol. The minimum Gasteiger partial charge on any atom is -0.315 e. The second kappa shape index (κ2) is 6.87. The highest BCUT2D eigenvalue weighted by molar-refractivity contribution is 7.89. The largest absolute Gasteiger partial charge is 0.315 e. The van der Waals surface area contributed by atoms with Gasteiger partial charge >= 0.3 is 0 Å². The quantitative estimate of drug-likeness (QED) is 0.740. The summed E-state index contributed by atoms with van der Waals surface area (Å²) in [5, 5.41) is 3.16. The first-order valence-electron chi connectivity index (χ1n) is 6.25. The first-order valence-corrected chi connectivity index (χ1v) is 7.73. The second-order valence-electron chi connectivity index (χ2n) is 4.42. The molecule has 0 heterocycles. The Kier molecular flexibility index (Phi) is 5.78. The summed E-state index contributed by atoms with van der Waals surface area (Å²) in [6, 6.07) is 5.45. The molecule has 0 spiro atoms. The Balaban J connectivity index is 2.66. The van der Waals surface area contributed by atoms with E-state index >= 15 is 0 Å². The maximum absolute atomic E-state index is 12.1. The molecular formula is C13H22N2O2S. The van der Waals surface area contributed by atoms with Gasteiger partial charge in [0.2, 0.25) is 10.0 Å². The molecule has 1 aromatic carbocycles. The Bertz CT molecular complexity index is 484. The van der Waals surface area contributed by atoms with Gasteiger partial charge in [0.15, 0.2) is 0 Å². The summed E-state index contributed by atoms with van der Waals surface area (Å²) in [7, 11) is -3.39. The molecular weight excluding hydrogens is 248 g/mol. The lowest BCUT2D eigenvalue weighted by molar-refractivity contribution is 0.575. The van der Waals surface area contributed by atoms with Crippen molar-refractivity contribution in [1.29, 1.82) is 0 Å². The maximum atomic E-state index is 12.1. The fourth-order valence-corrected chi connectivity index (χ4v) is 3.01. The Morgan fingerprint density at radius 3 is 2.50 bits per heavy atom. The molecule has 0 radical (unpaired) electrons. The molecule has 0 unspecified atom stereocenters. The minimum absolute atomic E-state index is 0.373. The van der Waals surface area contributed by atoms with Gasteiger partial charge in [0, 0.05) is 13.1 Å². The van der Waals surface area contributed by atoms with Gasteiger partial charge in [0.25, 0.3) is 0 Å².